The largest absolute Gasteiger partial charge is 0.393 e. The predicted octanol–water partition coefficient (Wildman–Crippen LogP) is 9.20. The molecule has 66 heavy (non-hydrogen) atoms. The van der Waals surface area contributed by atoms with Crippen LogP contribution in [0.15, 0.2) is 171 Å². The number of aliphatic hydroxyl groups is 4. The molecule has 4 N–H and O–H groups in total. The molecule has 10 nitrogen and oxygen atoms in total. The monoisotopic (exact) mass is 1240 g/mol. The quantitative estimate of drug-likeness (QED) is 0.0864. The summed E-state index contributed by atoms with van der Waals surface area (Å²) in [5.74, 6) is 0. The normalized spacial score (nSPS) is 12.2. The molecule has 0 saturated heterocycles. The second kappa shape index (κ2) is 29.2. The number of rotatable bonds is 8. The number of hydrogen-bond acceptors (Lipinski definition) is 9. The van der Waals surface area contributed by atoms with Crippen molar-refractivity contribution in [3.8, 4) is 56.3 Å². The fourth-order valence-electron chi connectivity index (χ4n) is 6.63. The molecule has 0 aliphatic carbocycles. The van der Waals surface area contributed by atoms with Crippen LogP contribution in [0, 0.1) is 19.1 Å². The minimum absolute atomic E-state index is 0. The zero-order valence-corrected chi connectivity index (χ0v) is 42.5. The third kappa shape index (κ3) is 18.4. The Morgan fingerprint density at radius 2 is 0.939 bits per heavy atom. The number of aromatic nitrogens is 6. The SMILES string of the molecule is CC(O)CC(C)O.CC(O)CC(C)O.Cc1cc(-c2[c-]cccc2)ncn1.[Ir].[Ir].[c-]1ccccc1-c1cc(-c2ccccc2)ncn1.c1ccc(-c2cc3[n+](cn2)Cc2ccccc2-3)cc1. The van der Waals surface area contributed by atoms with E-state index < -0.39 is 0 Å². The van der Waals surface area contributed by atoms with Gasteiger partial charge in [-0.05, 0) is 69.4 Å². The fraction of sp³-hybridized carbons (Fsp3) is 0.222. The zero-order valence-electron chi connectivity index (χ0n) is 37.7. The summed E-state index contributed by atoms with van der Waals surface area (Å²) < 4.78 is 2.21. The van der Waals surface area contributed by atoms with Crippen LogP contribution in [0.4, 0.5) is 0 Å². The van der Waals surface area contributed by atoms with Gasteiger partial charge in [0.1, 0.15) is 24.9 Å². The molecule has 4 unspecified atom stereocenters. The third-order valence-electron chi connectivity index (χ3n) is 9.50. The van der Waals surface area contributed by atoms with Crippen LogP contribution in [0.25, 0.3) is 56.3 Å². The van der Waals surface area contributed by atoms with Crippen LogP contribution in [0.3, 0.4) is 0 Å². The van der Waals surface area contributed by atoms with Gasteiger partial charge in [0.2, 0.25) is 0 Å². The van der Waals surface area contributed by atoms with E-state index in [-0.39, 0.29) is 64.6 Å². The van der Waals surface area contributed by atoms with E-state index in [4.69, 9.17) is 20.4 Å². The molecule has 12 heteroatoms. The molecule has 2 radical (unpaired) electrons. The summed E-state index contributed by atoms with van der Waals surface area (Å²) in [6, 6.07) is 57.0. The standard InChI is InChI=1S/C17H13N2.C16H11N2.C11H9N2.2C5H12O2.2Ir/c1-2-6-13(7-3-1)16-10-17-15-9-5-4-8-14(15)11-19(17)12-18-16;1-3-7-13(8-4-1)15-11-16(18-12-17-15)14-9-5-2-6-10-14;1-9-7-11(13-8-12-9)10-5-3-2-4-6-10;2*1-4(6)3-5(2)7;;/h1-10,12H,11H2;1-9,11-12H;2-5,7-8H,1H3;2*4-7H,3H2,1-2H3;;/q+1;2*-1;;;;. The molecule has 346 valence electrons. The molecule has 3 aromatic heterocycles. The topological polar surface area (TPSA) is 149 Å². The summed E-state index contributed by atoms with van der Waals surface area (Å²) in [5, 5.41) is 34.3. The fourth-order valence-corrected chi connectivity index (χ4v) is 6.63. The van der Waals surface area contributed by atoms with Crippen molar-refractivity contribution in [3.05, 3.63) is 194 Å². The molecular weight excluding hydrogens is 1180 g/mol. The van der Waals surface area contributed by atoms with Crippen molar-refractivity contribution in [2.75, 3.05) is 0 Å². The molecule has 0 saturated carbocycles. The van der Waals surface area contributed by atoms with Crippen molar-refractivity contribution in [1.29, 1.82) is 0 Å². The maximum Gasteiger partial charge on any atom is 0.287 e. The van der Waals surface area contributed by atoms with Gasteiger partial charge in [-0.2, -0.15) is 0 Å². The van der Waals surface area contributed by atoms with Crippen LogP contribution in [0.5, 0.6) is 0 Å². The molecule has 0 spiro atoms. The molecule has 1 aliphatic heterocycles. The summed E-state index contributed by atoms with van der Waals surface area (Å²) in [4.78, 5) is 21.4. The van der Waals surface area contributed by atoms with Crippen LogP contribution in [0.1, 0.15) is 51.8 Å². The summed E-state index contributed by atoms with van der Waals surface area (Å²) in [7, 11) is 0. The van der Waals surface area contributed by atoms with Crippen molar-refractivity contribution < 1.29 is 65.2 Å². The Balaban J connectivity index is 0.000000230. The molecule has 8 aromatic rings. The van der Waals surface area contributed by atoms with Crippen LogP contribution < -0.4 is 4.57 Å². The predicted molar refractivity (Wildman–Crippen MR) is 253 cm³/mol. The molecule has 0 amide bonds. The van der Waals surface area contributed by atoms with Gasteiger partial charge in [0.05, 0.1) is 30.1 Å². The number of aryl methyl sites for hydroxylation is 1. The minimum atomic E-state index is -0.375. The minimum Gasteiger partial charge on any atom is -0.393 e. The molecule has 1 aliphatic rings. The number of hydrogen-bond donors (Lipinski definition) is 4. The van der Waals surface area contributed by atoms with Crippen molar-refractivity contribution in [1.82, 2.24) is 24.9 Å². The molecule has 0 fully saturated rings. The number of benzene rings is 5. The summed E-state index contributed by atoms with van der Waals surface area (Å²) in [6.45, 7) is 9.51. The molecule has 4 atom stereocenters. The average Bonchev–Trinajstić information content (AvgIpc) is 3.68. The Bertz CT molecular complexity index is 2490. The van der Waals surface area contributed by atoms with E-state index in [0.717, 1.165) is 57.3 Å². The maximum atomic E-state index is 8.56. The number of aliphatic hydroxyl groups excluding tert-OH is 4. The first kappa shape index (κ1) is 54.8. The van der Waals surface area contributed by atoms with Crippen LogP contribution in [-0.4, -0.2) is 69.8 Å². The van der Waals surface area contributed by atoms with Gasteiger partial charge in [-0.1, -0.05) is 97.1 Å². The van der Waals surface area contributed by atoms with E-state index in [2.05, 4.69) is 84.1 Å². The molecule has 4 heterocycles. The molecular formula is C54H57Ir2N6O4-. The third-order valence-corrected chi connectivity index (χ3v) is 9.50. The van der Waals surface area contributed by atoms with Crippen molar-refractivity contribution >= 4 is 0 Å². The van der Waals surface area contributed by atoms with Gasteiger partial charge in [-0.3, -0.25) is 9.97 Å². The molecule has 5 aromatic carbocycles. The van der Waals surface area contributed by atoms with Crippen LogP contribution in [0.2, 0.25) is 0 Å². The van der Waals surface area contributed by atoms with Gasteiger partial charge >= 0.3 is 0 Å². The Labute approximate surface area is 416 Å². The second-order valence-corrected chi connectivity index (χ2v) is 15.4. The van der Waals surface area contributed by atoms with Crippen molar-refractivity contribution in [3.63, 3.8) is 0 Å². The number of fused-ring (bicyclic) bond motifs is 3. The van der Waals surface area contributed by atoms with Gasteiger partial charge < -0.3 is 20.4 Å². The Kier molecular flexibility index (Phi) is 24.2. The van der Waals surface area contributed by atoms with Gasteiger partial charge in [0, 0.05) is 68.7 Å². The van der Waals surface area contributed by atoms with E-state index in [1.165, 1.54) is 16.8 Å². The zero-order chi connectivity index (χ0) is 45.7. The van der Waals surface area contributed by atoms with E-state index in [0.29, 0.717) is 12.8 Å². The van der Waals surface area contributed by atoms with Gasteiger partial charge in [-0.15, -0.1) is 71.8 Å². The Morgan fingerprint density at radius 1 is 0.500 bits per heavy atom. The van der Waals surface area contributed by atoms with E-state index in [1.807, 2.05) is 122 Å². The molecule has 9 rings (SSSR count). The van der Waals surface area contributed by atoms with Crippen LogP contribution in [-0.2, 0) is 46.8 Å². The second-order valence-electron chi connectivity index (χ2n) is 15.4. The summed E-state index contributed by atoms with van der Waals surface area (Å²) in [5.41, 5.74) is 12.9. The number of nitrogens with zero attached hydrogens (tertiary/aromatic N) is 6. The Hall–Kier alpha value is -5.52. The van der Waals surface area contributed by atoms with Gasteiger partial charge in [-0.25, -0.2) is 14.5 Å². The summed E-state index contributed by atoms with van der Waals surface area (Å²) >= 11 is 0. The van der Waals surface area contributed by atoms with Gasteiger partial charge in [0.25, 0.3) is 6.33 Å². The van der Waals surface area contributed by atoms with E-state index in [1.54, 1.807) is 40.3 Å². The van der Waals surface area contributed by atoms with Crippen molar-refractivity contribution in [2.24, 2.45) is 0 Å². The first-order valence-corrected chi connectivity index (χ1v) is 21.3. The maximum absolute atomic E-state index is 8.56. The summed E-state index contributed by atoms with van der Waals surface area (Å²) in [6.07, 6.45) is 4.56. The Morgan fingerprint density at radius 3 is 1.41 bits per heavy atom. The first-order chi connectivity index (χ1) is 31.0. The van der Waals surface area contributed by atoms with Crippen LogP contribution >= 0.6 is 0 Å². The molecule has 0 bridgehead atoms. The van der Waals surface area contributed by atoms with E-state index >= 15 is 0 Å². The van der Waals surface area contributed by atoms with Gasteiger partial charge in [0.15, 0.2) is 5.69 Å². The van der Waals surface area contributed by atoms with Crippen molar-refractivity contribution in [2.45, 2.75) is 78.4 Å². The van der Waals surface area contributed by atoms with E-state index in [9.17, 15) is 0 Å². The average molecular weight is 1240 g/mol. The smallest absolute Gasteiger partial charge is 0.287 e. The first-order valence-electron chi connectivity index (χ1n) is 21.3.